The summed E-state index contributed by atoms with van der Waals surface area (Å²) >= 11 is 0. The van der Waals surface area contributed by atoms with Crippen LogP contribution in [0.25, 0.3) is 0 Å². The van der Waals surface area contributed by atoms with E-state index in [-0.39, 0.29) is 18.7 Å². The van der Waals surface area contributed by atoms with Crippen LogP contribution >= 0.6 is 0 Å². The first-order valence-corrected chi connectivity index (χ1v) is 11.5. The molecule has 10 heteroatoms. The van der Waals surface area contributed by atoms with E-state index < -0.39 is 12.2 Å². The lowest BCUT2D eigenvalue weighted by Gasteiger charge is -2.33. The fraction of sp³-hybridized carbons (Fsp3) is 0.565. The Morgan fingerprint density at radius 2 is 2.15 bits per heavy atom. The summed E-state index contributed by atoms with van der Waals surface area (Å²) in [6, 6.07) is 8.74. The van der Waals surface area contributed by atoms with Gasteiger partial charge in [0.2, 0.25) is 0 Å². The number of nitrogens with zero attached hydrogens (tertiary/aromatic N) is 2. The van der Waals surface area contributed by atoms with Crippen LogP contribution in [0.5, 0.6) is 5.75 Å². The molecule has 2 fully saturated rings. The van der Waals surface area contributed by atoms with Gasteiger partial charge in [0.15, 0.2) is 5.76 Å². The predicted octanol–water partition coefficient (Wildman–Crippen LogP) is 1.36. The molecule has 0 bridgehead atoms. The first-order valence-electron chi connectivity index (χ1n) is 11.5. The van der Waals surface area contributed by atoms with Gasteiger partial charge < -0.3 is 35.1 Å². The zero-order valence-corrected chi connectivity index (χ0v) is 19.0. The number of anilines is 1. The molecule has 2 saturated heterocycles. The number of aromatic nitrogens is 1. The Hall–Kier alpha value is -2.66. The Labute approximate surface area is 193 Å². The van der Waals surface area contributed by atoms with Gasteiger partial charge in [-0.25, -0.2) is 4.79 Å². The molecule has 2 aromatic rings. The molecule has 2 aliphatic heterocycles. The molecule has 0 saturated carbocycles. The maximum absolute atomic E-state index is 12.3. The number of piperazine rings is 1. The van der Waals surface area contributed by atoms with E-state index in [1.807, 2.05) is 6.07 Å². The van der Waals surface area contributed by atoms with Gasteiger partial charge in [-0.2, -0.15) is 0 Å². The SMILES string of the molecule is COc1cccc(NC(=O)NCC2OC(Cc3cc(CN4CCNCC4)on3)CCC2O)c1. The molecular formula is C23H33N5O5. The maximum Gasteiger partial charge on any atom is 0.319 e. The van der Waals surface area contributed by atoms with E-state index in [1.165, 1.54) is 0 Å². The van der Waals surface area contributed by atoms with Gasteiger partial charge in [-0.15, -0.1) is 0 Å². The van der Waals surface area contributed by atoms with Crippen LogP contribution in [-0.4, -0.2) is 79.3 Å². The summed E-state index contributed by atoms with van der Waals surface area (Å²) in [6.45, 7) is 4.95. The van der Waals surface area contributed by atoms with Crippen LogP contribution in [0.4, 0.5) is 10.5 Å². The molecule has 4 rings (SSSR count). The Morgan fingerprint density at radius 1 is 1.30 bits per heavy atom. The highest BCUT2D eigenvalue weighted by Crippen LogP contribution is 2.23. The minimum atomic E-state index is -0.626. The number of carbonyl (C=O) groups excluding carboxylic acids is 1. The normalized spacial score (nSPS) is 23.8. The number of hydrogen-bond donors (Lipinski definition) is 4. The third kappa shape index (κ3) is 6.91. The van der Waals surface area contributed by atoms with Gasteiger partial charge in [-0.3, -0.25) is 4.90 Å². The highest BCUT2D eigenvalue weighted by molar-refractivity contribution is 5.89. The standard InChI is InChI=1S/C23H33N5O5/c1-31-18-4-2-3-16(11-18)26-23(30)25-14-22-21(29)6-5-19(32-22)12-17-13-20(33-27-17)15-28-9-7-24-8-10-28/h2-4,11,13,19,21-22,24,29H,5-10,12,14-15H2,1H3,(H2,25,26,30). The van der Waals surface area contributed by atoms with Crippen molar-refractivity contribution in [1.29, 1.82) is 0 Å². The second-order valence-corrected chi connectivity index (χ2v) is 8.52. The number of carbonyl (C=O) groups is 1. The van der Waals surface area contributed by atoms with E-state index in [0.29, 0.717) is 24.3 Å². The molecule has 2 aliphatic rings. The number of aliphatic hydroxyl groups is 1. The Balaban J connectivity index is 1.23. The van der Waals surface area contributed by atoms with E-state index in [0.717, 1.165) is 50.6 Å². The van der Waals surface area contributed by atoms with Crippen molar-refractivity contribution in [2.24, 2.45) is 0 Å². The summed E-state index contributed by atoms with van der Waals surface area (Å²) in [6.07, 6.45) is 0.766. The summed E-state index contributed by atoms with van der Waals surface area (Å²) < 4.78 is 16.8. The van der Waals surface area contributed by atoms with E-state index in [9.17, 15) is 9.90 Å². The molecule has 0 aliphatic carbocycles. The molecule has 3 heterocycles. The quantitative estimate of drug-likeness (QED) is 0.467. The lowest BCUT2D eigenvalue weighted by atomic mass is 9.98. The van der Waals surface area contributed by atoms with Gasteiger partial charge in [-0.05, 0) is 25.0 Å². The highest BCUT2D eigenvalue weighted by atomic mass is 16.5. The number of amides is 2. The van der Waals surface area contributed by atoms with E-state index in [2.05, 4.69) is 26.0 Å². The molecule has 10 nitrogen and oxygen atoms in total. The topological polar surface area (TPSA) is 121 Å². The third-order valence-corrected chi connectivity index (χ3v) is 6.01. The second-order valence-electron chi connectivity index (χ2n) is 8.52. The molecular weight excluding hydrogens is 426 g/mol. The molecule has 1 aromatic heterocycles. The van der Waals surface area contributed by atoms with Gasteiger partial charge in [-0.1, -0.05) is 11.2 Å². The first kappa shape index (κ1) is 23.5. The van der Waals surface area contributed by atoms with Crippen molar-refractivity contribution in [3.63, 3.8) is 0 Å². The number of benzene rings is 1. The lowest BCUT2D eigenvalue weighted by molar-refractivity contribution is -0.113. The number of ether oxygens (including phenoxy) is 2. The van der Waals surface area contributed by atoms with Crippen molar-refractivity contribution in [2.75, 3.05) is 45.2 Å². The van der Waals surface area contributed by atoms with Crippen molar-refractivity contribution in [3.05, 3.63) is 41.8 Å². The fourth-order valence-corrected chi connectivity index (χ4v) is 4.20. The predicted molar refractivity (Wildman–Crippen MR) is 122 cm³/mol. The monoisotopic (exact) mass is 459 g/mol. The van der Waals surface area contributed by atoms with Crippen LogP contribution in [0.3, 0.4) is 0 Å². The second kappa shape index (κ2) is 11.5. The lowest BCUT2D eigenvalue weighted by Crippen LogP contribution is -2.47. The summed E-state index contributed by atoms with van der Waals surface area (Å²) in [5.41, 5.74) is 1.47. The summed E-state index contributed by atoms with van der Waals surface area (Å²) in [5.74, 6) is 1.51. The van der Waals surface area contributed by atoms with Gasteiger partial charge in [0, 0.05) is 57.0 Å². The van der Waals surface area contributed by atoms with E-state index in [4.69, 9.17) is 14.0 Å². The van der Waals surface area contributed by atoms with Crippen LogP contribution < -0.4 is 20.7 Å². The third-order valence-electron chi connectivity index (χ3n) is 6.01. The van der Waals surface area contributed by atoms with Gasteiger partial charge in [0.25, 0.3) is 0 Å². The van der Waals surface area contributed by atoms with Crippen molar-refractivity contribution >= 4 is 11.7 Å². The Kier molecular flexibility index (Phi) is 8.16. The minimum absolute atomic E-state index is 0.0845. The molecule has 0 radical (unpaired) electrons. The first-order chi connectivity index (χ1) is 16.1. The number of nitrogens with one attached hydrogen (secondary N) is 3. The van der Waals surface area contributed by atoms with Crippen LogP contribution in [0.15, 0.2) is 34.9 Å². The molecule has 3 atom stereocenters. The summed E-state index contributed by atoms with van der Waals surface area (Å²) in [7, 11) is 1.57. The van der Waals surface area contributed by atoms with Gasteiger partial charge >= 0.3 is 6.03 Å². The minimum Gasteiger partial charge on any atom is -0.497 e. The van der Waals surface area contributed by atoms with E-state index in [1.54, 1.807) is 31.4 Å². The summed E-state index contributed by atoms with van der Waals surface area (Å²) in [5, 5.41) is 23.4. The fourth-order valence-electron chi connectivity index (χ4n) is 4.20. The number of hydrogen-bond acceptors (Lipinski definition) is 8. The zero-order chi connectivity index (χ0) is 23.0. The average Bonchev–Trinajstić information content (AvgIpc) is 3.26. The molecule has 1 aromatic carbocycles. The van der Waals surface area contributed by atoms with Crippen molar-refractivity contribution in [2.45, 2.75) is 44.1 Å². The van der Waals surface area contributed by atoms with Crippen molar-refractivity contribution in [1.82, 2.24) is 20.7 Å². The smallest absolute Gasteiger partial charge is 0.319 e. The van der Waals surface area contributed by atoms with Gasteiger partial charge in [0.1, 0.15) is 11.9 Å². The van der Waals surface area contributed by atoms with Crippen LogP contribution in [0.2, 0.25) is 0 Å². The number of methoxy groups -OCH3 is 1. The van der Waals surface area contributed by atoms with Crippen molar-refractivity contribution < 1.29 is 23.9 Å². The molecule has 0 spiro atoms. The molecule has 2 amide bonds. The van der Waals surface area contributed by atoms with Gasteiger partial charge in [0.05, 0.1) is 31.6 Å². The summed E-state index contributed by atoms with van der Waals surface area (Å²) in [4.78, 5) is 14.6. The van der Waals surface area contributed by atoms with Crippen LogP contribution in [0, 0.1) is 0 Å². The van der Waals surface area contributed by atoms with Crippen LogP contribution in [0.1, 0.15) is 24.3 Å². The number of urea groups is 1. The molecule has 4 N–H and O–H groups in total. The average molecular weight is 460 g/mol. The number of rotatable bonds is 8. The van der Waals surface area contributed by atoms with Crippen molar-refractivity contribution in [3.8, 4) is 5.75 Å². The maximum atomic E-state index is 12.3. The Morgan fingerprint density at radius 3 is 2.97 bits per heavy atom. The van der Waals surface area contributed by atoms with E-state index >= 15 is 0 Å². The molecule has 3 unspecified atom stereocenters. The largest absolute Gasteiger partial charge is 0.497 e. The Bertz CT molecular complexity index is 901. The zero-order valence-electron chi connectivity index (χ0n) is 19.0. The number of aliphatic hydroxyl groups excluding tert-OH is 1. The van der Waals surface area contributed by atoms with Crippen LogP contribution in [-0.2, 0) is 17.7 Å². The molecule has 180 valence electrons. The highest BCUT2D eigenvalue weighted by Gasteiger charge is 2.31. The molecule has 33 heavy (non-hydrogen) atoms.